The third kappa shape index (κ3) is 3.83. The van der Waals surface area contributed by atoms with Crippen LogP contribution in [0.5, 0.6) is 0 Å². The van der Waals surface area contributed by atoms with E-state index < -0.39 is 6.10 Å². The van der Waals surface area contributed by atoms with Gasteiger partial charge in [-0.15, -0.1) is 0 Å². The fraction of sp³-hybridized carbons (Fsp3) is 0.381. The zero-order chi connectivity index (χ0) is 18.8. The summed E-state index contributed by atoms with van der Waals surface area (Å²) in [5.41, 5.74) is 2.97. The molecule has 0 aliphatic carbocycles. The maximum absolute atomic E-state index is 11.4. The Balaban J connectivity index is 1.67. The molecule has 3 N–H and O–H groups in total. The van der Waals surface area contributed by atoms with Gasteiger partial charge in [-0.1, -0.05) is 18.2 Å². The highest BCUT2D eigenvalue weighted by molar-refractivity contribution is 6.09. The SMILES string of the molecule is CC(=O)Nc1ccc2c(c1)c1ccccc1n2CC(O)CN1CCNCC1. The lowest BCUT2D eigenvalue weighted by atomic mass is 10.1. The molecule has 1 aliphatic rings. The van der Waals surface area contributed by atoms with Gasteiger partial charge in [0.25, 0.3) is 0 Å². The van der Waals surface area contributed by atoms with Crippen LogP contribution in [0.25, 0.3) is 21.8 Å². The minimum Gasteiger partial charge on any atom is -0.390 e. The molecule has 6 nitrogen and oxygen atoms in total. The molecule has 1 saturated heterocycles. The van der Waals surface area contributed by atoms with E-state index in [2.05, 4.69) is 32.2 Å². The molecule has 1 atom stereocenters. The van der Waals surface area contributed by atoms with Crippen LogP contribution in [0, 0.1) is 0 Å². The number of carbonyl (C=O) groups is 1. The molecule has 1 unspecified atom stereocenters. The number of fused-ring (bicyclic) bond motifs is 3. The van der Waals surface area contributed by atoms with Crippen LogP contribution in [-0.2, 0) is 11.3 Å². The summed E-state index contributed by atoms with van der Waals surface area (Å²) in [6.45, 7) is 6.66. The van der Waals surface area contributed by atoms with Gasteiger partial charge in [-0.2, -0.15) is 0 Å². The highest BCUT2D eigenvalue weighted by atomic mass is 16.3. The minimum atomic E-state index is -0.433. The lowest BCUT2D eigenvalue weighted by Gasteiger charge is -2.29. The maximum atomic E-state index is 11.4. The molecule has 3 aromatic rings. The fourth-order valence-electron chi connectivity index (χ4n) is 3.99. The van der Waals surface area contributed by atoms with Crippen molar-refractivity contribution in [2.75, 3.05) is 38.0 Å². The van der Waals surface area contributed by atoms with E-state index >= 15 is 0 Å². The van der Waals surface area contributed by atoms with Gasteiger partial charge in [-0.25, -0.2) is 0 Å². The Kier molecular flexibility index (Phi) is 5.11. The summed E-state index contributed by atoms with van der Waals surface area (Å²) >= 11 is 0. The Morgan fingerprint density at radius 2 is 1.85 bits per heavy atom. The quantitative estimate of drug-likeness (QED) is 0.646. The third-order valence-electron chi connectivity index (χ3n) is 5.16. The second kappa shape index (κ2) is 7.68. The molecule has 27 heavy (non-hydrogen) atoms. The van der Waals surface area contributed by atoms with Crippen molar-refractivity contribution in [1.29, 1.82) is 0 Å². The van der Waals surface area contributed by atoms with E-state index in [1.54, 1.807) is 0 Å². The standard InChI is InChI=1S/C21H26N4O2/c1-15(26)23-16-6-7-21-19(12-16)18-4-2-3-5-20(18)25(21)14-17(27)13-24-10-8-22-9-11-24/h2-7,12,17,22,27H,8-11,13-14H2,1H3,(H,23,26). The average Bonchev–Trinajstić information content (AvgIpc) is 2.96. The molecule has 0 bridgehead atoms. The number of β-amino-alcohol motifs (C(OH)–C–C–N with tert-alkyl or cyclic N) is 1. The zero-order valence-corrected chi connectivity index (χ0v) is 15.6. The van der Waals surface area contributed by atoms with Gasteiger partial charge in [0.15, 0.2) is 0 Å². The summed E-state index contributed by atoms with van der Waals surface area (Å²) < 4.78 is 2.19. The molecule has 1 amide bonds. The number of amides is 1. The molecule has 4 rings (SSSR count). The van der Waals surface area contributed by atoms with E-state index in [0.717, 1.165) is 53.7 Å². The number of rotatable bonds is 5. The summed E-state index contributed by atoms with van der Waals surface area (Å²) in [7, 11) is 0. The summed E-state index contributed by atoms with van der Waals surface area (Å²) in [6, 6.07) is 14.2. The monoisotopic (exact) mass is 366 g/mol. The number of nitrogens with zero attached hydrogens (tertiary/aromatic N) is 2. The van der Waals surface area contributed by atoms with Crippen LogP contribution in [-0.4, -0.2) is 59.3 Å². The van der Waals surface area contributed by atoms with Crippen LogP contribution in [0.15, 0.2) is 42.5 Å². The van der Waals surface area contributed by atoms with Gasteiger partial charge in [0.05, 0.1) is 12.6 Å². The van der Waals surface area contributed by atoms with Gasteiger partial charge in [0.1, 0.15) is 0 Å². The van der Waals surface area contributed by atoms with Crippen molar-refractivity contribution < 1.29 is 9.90 Å². The Hall–Kier alpha value is -2.41. The summed E-state index contributed by atoms with van der Waals surface area (Å²) in [6.07, 6.45) is -0.433. The second-order valence-electron chi connectivity index (χ2n) is 7.25. The number of hydrogen-bond donors (Lipinski definition) is 3. The molecule has 142 valence electrons. The lowest BCUT2D eigenvalue weighted by molar-refractivity contribution is -0.114. The van der Waals surface area contributed by atoms with Crippen LogP contribution in [0.4, 0.5) is 5.69 Å². The van der Waals surface area contributed by atoms with Crippen LogP contribution in [0.3, 0.4) is 0 Å². The van der Waals surface area contributed by atoms with E-state index in [-0.39, 0.29) is 5.91 Å². The molecule has 0 radical (unpaired) electrons. The highest BCUT2D eigenvalue weighted by Crippen LogP contribution is 2.31. The van der Waals surface area contributed by atoms with Crippen molar-refractivity contribution in [2.45, 2.75) is 19.6 Å². The molecular formula is C21H26N4O2. The van der Waals surface area contributed by atoms with Crippen molar-refractivity contribution in [3.8, 4) is 0 Å². The minimum absolute atomic E-state index is 0.0791. The molecular weight excluding hydrogens is 340 g/mol. The first-order valence-electron chi connectivity index (χ1n) is 9.51. The van der Waals surface area contributed by atoms with Crippen molar-refractivity contribution >= 4 is 33.4 Å². The molecule has 1 aliphatic heterocycles. The number of anilines is 1. The van der Waals surface area contributed by atoms with Gasteiger partial charge in [0.2, 0.25) is 5.91 Å². The molecule has 2 aromatic carbocycles. The smallest absolute Gasteiger partial charge is 0.221 e. The molecule has 0 saturated carbocycles. The molecule has 1 aromatic heterocycles. The third-order valence-corrected chi connectivity index (χ3v) is 5.16. The number of piperazine rings is 1. The second-order valence-corrected chi connectivity index (χ2v) is 7.25. The number of para-hydroxylation sites is 1. The molecule has 0 spiro atoms. The van der Waals surface area contributed by atoms with Crippen molar-refractivity contribution in [2.24, 2.45) is 0 Å². The van der Waals surface area contributed by atoms with Gasteiger partial charge in [-0.3, -0.25) is 9.69 Å². The van der Waals surface area contributed by atoms with E-state index in [1.807, 2.05) is 30.3 Å². The normalized spacial score (nSPS) is 16.7. The van der Waals surface area contributed by atoms with E-state index in [4.69, 9.17) is 0 Å². The Morgan fingerprint density at radius 3 is 2.63 bits per heavy atom. The maximum Gasteiger partial charge on any atom is 0.221 e. The Bertz CT molecular complexity index is 959. The van der Waals surface area contributed by atoms with Crippen molar-refractivity contribution in [1.82, 2.24) is 14.8 Å². The summed E-state index contributed by atoms with van der Waals surface area (Å²) in [5.74, 6) is -0.0791. The topological polar surface area (TPSA) is 69.5 Å². The van der Waals surface area contributed by atoms with E-state index in [1.165, 1.54) is 6.92 Å². The molecule has 1 fully saturated rings. The van der Waals surface area contributed by atoms with Gasteiger partial charge < -0.3 is 20.3 Å². The Morgan fingerprint density at radius 1 is 1.11 bits per heavy atom. The van der Waals surface area contributed by atoms with E-state index in [0.29, 0.717) is 13.1 Å². The van der Waals surface area contributed by atoms with Crippen molar-refractivity contribution in [3.63, 3.8) is 0 Å². The van der Waals surface area contributed by atoms with Gasteiger partial charge in [-0.05, 0) is 24.3 Å². The number of carbonyl (C=O) groups excluding carboxylic acids is 1. The first-order valence-corrected chi connectivity index (χ1v) is 9.51. The number of aliphatic hydroxyl groups is 1. The van der Waals surface area contributed by atoms with Crippen molar-refractivity contribution in [3.05, 3.63) is 42.5 Å². The van der Waals surface area contributed by atoms with Crippen LogP contribution < -0.4 is 10.6 Å². The molecule has 6 heteroatoms. The zero-order valence-electron chi connectivity index (χ0n) is 15.6. The number of aromatic nitrogens is 1. The van der Waals surface area contributed by atoms with Crippen LogP contribution in [0.1, 0.15) is 6.92 Å². The van der Waals surface area contributed by atoms with Crippen LogP contribution in [0.2, 0.25) is 0 Å². The average molecular weight is 366 g/mol. The predicted octanol–water partition coefficient (Wildman–Crippen LogP) is 2.02. The summed E-state index contributed by atoms with van der Waals surface area (Å²) in [4.78, 5) is 13.7. The first kappa shape index (κ1) is 18.0. The lowest BCUT2D eigenvalue weighted by Crippen LogP contribution is -2.46. The van der Waals surface area contributed by atoms with E-state index in [9.17, 15) is 9.90 Å². The van der Waals surface area contributed by atoms with Crippen LogP contribution >= 0.6 is 0 Å². The number of benzene rings is 2. The number of aliphatic hydroxyl groups excluding tert-OH is 1. The highest BCUT2D eigenvalue weighted by Gasteiger charge is 2.18. The predicted molar refractivity (Wildman–Crippen MR) is 109 cm³/mol. The fourth-order valence-corrected chi connectivity index (χ4v) is 3.99. The first-order chi connectivity index (χ1) is 13.1. The summed E-state index contributed by atoms with van der Waals surface area (Å²) in [5, 5.41) is 19.1. The number of nitrogens with one attached hydrogen (secondary N) is 2. The number of hydrogen-bond acceptors (Lipinski definition) is 4. The Labute approximate surface area is 158 Å². The molecule has 2 heterocycles. The van der Waals surface area contributed by atoms with Gasteiger partial charge in [0, 0.05) is 67.1 Å². The largest absolute Gasteiger partial charge is 0.390 e. The van der Waals surface area contributed by atoms with Gasteiger partial charge >= 0.3 is 0 Å².